The van der Waals surface area contributed by atoms with E-state index in [1.54, 1.807) is 60.8 Å². The number of anilines is 5. The molecule has 16 nitrogen and oxygen atoms in total. The first-order valence-corrected chi connectivity index (χ1v) is 19.9. The Labute approximate surface area is 336 Å². The Morgan fingerprint density at radius 1 is 0.776 bits per heavy atom. The predicted molar refractivity (Wildman–Crippen MR) is 223 cm³/mol. The smallest absolute Gasteiger partial charge is 0.323 e. The zero-order chi connectivity index (χ0) is 42.3. The molecule has 0 spiro atoms. The van der Waals surface area contributed by atoms with E-state index < -0.39 is 47.2 Å². The predicted octanol–water partition coefficient (Wildman–Crippen LogP) is 5.79. The minimum absolute atomic E-state index is 0.150. The summed E-state index contributed by atoms with van der Waals surface area (Å²) in [6.45, 7) is 4.19. The molecule has 0 fully saturated rings. The van der Waals surface area contributed by atoms with E-state index in [0.717, 1.165) is 11.8 Å². The molecule has 0 saturated heterocycles. The van der Waals surface area contributed by atoms with Crippen molar-refractivity contribution in [2.24, 2.45) is 5.41 Å². The van der Waals surface area contributed by atoms with E-state index in [0.29, 0.717) is 39.5 Å². The van der Waals surface area contributed by atoms with Crippen molar-refractivity contribution in [1.29, 1.82) is 0 Å². The maximum atomic E-state index is 13.5. The number of carbonyl (C=O) groups excluding carboxylic acids is 2. The lowest BCUT2D eigenvalue weighted by molar-refractivity contribution is 0.00698. The van der Waals surface area contributed by atoms with E-state index >= 15 is 0 Å². The summed E-state index contributed by atoms with van der Waals surface area (Å²) in [4.78, 5) is 30.8. The van der Waals surface area contributed by atoms with E-state index in [1.807, 2.05) is 45.0 Å². The summed E-state index contributed by atoms with van der Waals surface area (Å²) in [6, 6.07) is 21.8. The van der Waals surface area contributed by atoms with Gasteiger partial charge in [0, 0.05) is 41.3 Å². The number of sulfonamides is 1. The fraction of sp³-hybridized carbons (Fsp3) is 0.293. The van der Waals surface area contributed by atoms with Crippen LogP contribution in [0.1, 0.15) is 36.7 Å². The van der Waals surface area contributed by atoms with Crippen molar-refractivity contribution in [3.05, 3.63) is 96.2 Å². The Bertz CT molecular complexity index is 2390. The first-order chi connectivity index (χ1) is 27.5. The molecule has 17 heteroatoms. The molecule has 8 N–H and O–H groups in total. The number of hydrogen-bond acceptors (Lipinski definition) is 12. The SMILES string of the molecule is COc1cc(Nc2cc(Oc3ccc(NC(=O)Nc4cc(C(C)(C)C)cc(NS(C)(=O)=O)c4OC)c4ccccc34)ccn2)ccc1C(=O)NCC(CO)(CO)CO. The number of methoxy groups -OCH3 is 2. The molecular weight excluding hydrogens is 769 g/mol. The number of nitrogens with one attached hydrogen (secondary N) is 5. The van der Waals surface area contributed by atoms with Gasteiger partial charge in [-0.15, -0.1) is 0 Å². The van der Waals surface area contributed by atoms with Crippen molar-refractivity contribution in [1.82, 2.24) is 10.3 Å². The van der Waals surface area contributed by atoms with Crippen LogP contribution in [0.15, 0.2) is 85.1 Å². The molecule has 0 radical (unpaired) electrons. The number of fused-ring (bicyclic) bond motifs is 1. The normalized spacial score (nSPS) is 11.7. The third-order valence-corrected chi connectivity index (χ3v) is 9.73. The van der Waals surface area contributed by atoms with Gasteiger partial charge in [0.05, 0.1) is 68.3 Å². The second-order valence-corrected chi connectivity index (χ2v) is 16.4. The molecule has 3 amide bonds. The zero-order valence-corrected chi connectivity index (χ0v) is 33.8. The van der Waals surface area contributed by atoms with Gasteiger partial charge in [0.1, 0.15) is 23.1 Å². The number of hydrogen-bond donors (Lipinski definition) is 8. The maximum absolute atomic E-state index is 13.5. The number of nitrogens with zero attached hydrogens (tertiary/aromatic N) is 1. The number of benzene rings is 4. The Morgan fingerprint density at radius 3 is 2.09 bits per heavy atom. The van der Waals surface area contributed by atoms with Crippen molar-refractivity contribution in [2.45, 2.75) is 26.2 Å². The molecule has 0 unspecified atom stereocenters. The number of aromatic nitrogens is 1. The standard InChI is InChI=1S/C41H48N6O10S/c1-40(2,3)25-17-32(37(56-5)33(18-25)47-58(6,53)54)46-39(52)45-31-13-14-34(29-10-8-7-9-28(29)31)57-27-15-16-42-36(20-27)44-26-11-12-30(35(19-26)55-4)38(51)43-21-41(22-48,23-49)24-50/h7-20,47-50H,21-24H2,1-6H3,(H,42,44)(H,43,51)(H2,45,46,52). The van der Waals surface area contributed by atoms with Crippen LogP contribution in [-0.2, 0) is 15.4 Å². The Kier molecular flexibility index (Phi) is 13.3. The van der Waals surface area contributed by atoms with Crippen LogP contribution in [0.3, 0.4) is 0 Å². The average Bonchev–Trinajstić information content (AvgIpc) is 3.18. The number of carbonyl (C=O) groups is 2. The molecule has 58 heavy (non-hydrogen) atoms. The Morgan fingerprint density at radius 2 is 1.45 bits per heavy atom. The minimum Gasteiger partial charge on any atom is -0.496 e. The molecule has 1 aromatic heterocycles. The number of aliphatic hydroxyl groups excluding tert-OH is 3. The van der Waals surface area contributed by atoms with E-state index in [2.05, 4.69) is 31.0 Å². The van der Waals surface area contributed by atoms with E-state index in [1.165, 1.54) is 14.2 Å². The van der Waals surface area contributed by atoms with Gasteiger partial charge in [0.15, 0.2) is 5.75 Å². The summed E-state index contributed by atoms with van der Waals surface area (Å²) < 4.78 is 44.1. The van der Waals surface area contributed by atoms with Gasteiger partial charge < -0.3 is 50.8 Å². The molecule has 4 aromatic carbocycles. The van der Waals surface area contributed by atoms with Gasteiger partial charge in [-0.25, -0.2) is 18.2 Å². The maximum Gasteiger partial charge on any atom is 0.323 e. The first-order valence-electron chi connectivity index (χ1n) is 18.0. The Balaban J connectivity index is 1.33. The third-order valence-electron chi connectivity index (χ3n) is 9.14. The van der Waals surface area contributed by atoms with Gasteiger partial charge in [0.25, 0.3) is 5.91 Å². The van der Waals surface area contributed by atoms with Gasteiger partial charge >= 0.3 is 6.03 Å². The van der Waals surface area contributed by atoms with Gasteiger partial charge in [-0.3, -0.25) is 9.52 Å². The molecule has 0 aliphatic carbocycles. The van der Waals surface area contributed by atoms with Gasteiger partial charge in [-0.1, -0.05) is 45.0 Å². The lowest BCUT2D eigenvalue weighted by Crippen LogP contribution is -2.45. The highest BCUT2D eigenvalue weighted by atomic mass is 32.2. The Hall–Kier alpha value is -6.14. The number of ether oxygens (including phenoxy) is 3. The summed E-state index contributed by atoms with van der Waals surface area (Å²) >= 11 is 0. The molecule has 0 aliphatic rings. The highest BCUT2D eigenvalue weighted by molar-refractivity contribution is 7.92. The van der Waals surface area contributed by atoms with Crippen LogP contribution in [0.4, 0.5) is 33.4 Å². The fourth-order valence-electron chi connectivity index (χ4n) is 5.85. The number of urea groups is 1. The van der Waals surface area contributed by atoms with Crippen LogP contribution in [0.2, 0.25) is 0 Å². The fourth-order valence-corrected chi connectivity index (χ4v) is 6.40. The summed E-state index contributed by atoms with van der Waals surface area (Å²) in [6.07, 6.45) is 2.60. The van der Waals surface area contributed by atoms with Crippen LogP contribution < -0.4 is 40.2 Å². The summed E-state index contributed by atoms with van der Waals surface area (Å²) in [7, 11) is -0.853. The van der Waals surface area contributed by atoms with Crippen LogP contribution >= 0.6 is 0 Å². The molecule has 5 rings (SSSR count). The molecule has 0 saturated carbocycles. The van der Waals surface area contributed by atoms with E-state index in [9.17, 15) is 33.3 Å². The molecular formula is C41H48N6O10S. The molecule has 0 bridgehead atoms. The largest absolute Gasteiger partial charge is 0.496 e. The van der Waals surface area contributed by atoms with Crippen molar-refractivity contribution < 1.29 is 47.5 Å². The molecule has 308 valence electrons. The second-order valence-electron chi connectivity index (χ2n) is 14.6. The second kappa shape index (κ2) is 18.0. The topological polar surface area (TPSA) is 230 Å². The number of aliphatic hydroxyl groups is 3. The average molecular weight is 817 g/mol. The summed E-state index contributed by atoms with van der Waals surface area (Å²) in [5, 5.41) is 41.6. The highest BCUT2D eigenvalue weighted by Crippen LogP contribution is 2.40. The quantitative estimate of drug-likeness (QED) is 0.0592. The summed E-state index contributed by atoms with van der Waals surface area (Å²) in [5.41, 5.74) is 0.815. The summed E-state index contributed by atoms with van der Waals surface area (Å²) in [5.74, 6) is 1.26. The van der Waals surface area contributed by atoms with Crippen molar-refractivity contribution in [3.63, 3.8) is 0 Å². The third kappa shape index (κ3) is 10.4. The molecule has 0 atom stereocenters. The highest BCUT2D eigenvalue weighted by Gasteiger charge is 2.29. The van der Waals surface area contributed by atoms with Crippen LogP contribution in [0.25, 0.3) is 10.8 Å². The lowest BCUT2D eigenvalue weighted by atomic mass is 9.86. The van der Waals surface area contributed by atoms with Crippen molar-refractivity contribution in [3.8, 4) is 23.0 Å². The van der Waals surface area contributed by atoms with Crippen molar-refractivity contribution in [2.75, 3.05) is 67.5 Å². The van der Waals surface area contributed by atoms with Crippen molar-refractivity contribution >= 4 is 61.3 Å². The van der Waals surface area contributed by atoms with Crippen LogP contribution in [0.5, 0.6) is 23.0 Å². The van der Waals surface area contributed by atoms with E-state index in [4.69, 9.17) is 14.2 Å². The molecule has 0 aliphatic heterocycles. The van der Waals surface area contributed by atoms with Crippen LogP contribution in [-0.4, -0.2) is 87.5 Å². The lowest BCUT2D eigenvalue weighted by Gasteiger charge is -2.27. The monoisotopic (exact) mass is 816 g/mol. The number of pyridine rings is 1. The zero-order valence-electron chi connectivity index (χ0n) is 33.0. The van der Waals surface area contributed by atoms with Gasteiger partial charge in [0.2, 0.25) is 10.0 Å². The molecule has 1 heterocycles. The first kappa shape index (κ1) is 43.0. The van der Waals surface area contributed by atoms with E-state index in [-0.39, 0.29) is 40.4 Å². The van der Waals surface area contributed by atoms with Gasteiger partial charge in [-0.2, -0.15) is 0 Å². The minimum atomic E-state index is -3.66. The number of rotatable bonds is 16. The molecule has 5 aromatic rings. The van der Waals surface area contributed by atoms with Crippen LogP contribution in [0, 0.1) is 5.41 Å². The number of amides is 3. The van der Waals surface area contributed by atoms with Gasteiger partial charge in [-0.05, 0) is 53.4 Å².